The molecule has 0 aliphatic carbocycles. The minimum atomic E-state index is -0.158. The van der Waals surface area contributed by atoms with E-state index in [1.165, 1.54) is 11.8 Å². The van der Waals surface area contributed by atoms with Gasteiger partial charge in [-0.25, -0.2) is 9.98 Å². The monoisotopic (exact) mass is 555 g/mol. The average Bonchev–Trinajstić information content (AvgIpc) is 3.23. The number of nitrogens with zero attached hydrogens (tertiary/aromatic N) is 3. The number of aryl methyl sites for hydroxylation is 1. The lowest BCUT2D eigenvalue weighted by Gasteiger charge is -2.15. The van der Waals surface area contributed by atoms with Gasteiger partial charge in [0.2, 0.25) is 0 Å². The van der Waals surface area contributed by atoms with E-state index < -0.39 is 0 Å². The lowest BCUT2D eigenvalue weighted by Crippen LogP contribution is -2.28. The van der Waals surface area contributed by atoms with Crippen LogP contribution in [-0.4, -0.2) is 22.7 Å². The number of amides is 1. The van der Waals surface area contributed by atoms with E-state index >= 15 is 0 Å². The number of benzene rings is 3. The maximum absolute atomic E-state index is 13.6. The van der Waals surface area contributed by atoms with Crippen LogP contribution in [0.25, 0.3) is 6.08 Å². The molecule has 0 radical (unpaired) electrons. The first-order valence-corrected chi connectivity index (χ1v) is 13.7. The lowest BCUT2D eigenvalue weighted by molar-refractivity contribution is -0.113. The van der Waals surface area contributed by atoms with Gasteiger partial charge in [-0.1, -0.05) is 60.1 Å². The fourth-order valence-electron chi connectivity index (χ4n) is 3.97. The molecule has 2 heterocycles. The average molecular weight is 556 g/mol. The smallest absolute Gasteiger partial charge is 0.271 e. The molecule has 0 spiro atoms. The standard InChI is InChI=1S/C31H26ClN3O3S/c1-3-37-27-18-22(16-17-26(27)38-20-23-11-7-8-14-25(23)32)19-28-30(36)35(24-12-5-4-6-13-24)31(39-28)34-29-15-9-10-21(2)33-29/h4-19H,3,20H2,1-2H3/b28-19-,34-31+. The summed E-state index contributed by atoms with van der Waals surface area (Å²) in [7, 11) is 0. The number of carbonyl (C=O) groups excluding carboxylic acids is 1. The molecule has 0 N–H and O–H groups in total. The van der Waals surface area contributed by atoms with Crippen molar-refractivity contribution in [3.8, 4) is 11.5 Å². The van der Waals surface area contributed by atoms with Crippen LogP contribution in [-0.2, 0) is 11.4 Å². The van der Waals surface area contributed by atoms with Gasteiger partial charge < -0.3 is 9.47 Å². The number of carbonyl (C=O) groups is 1. The van der Waals surface area contributed by atoms with Gasteiger partial charge in [0.05, 0.1) is 17.2 Å². The van der Waals surface area contributed by atoms with Gasteiger partial charge in [0.25, 0.3) is 5.91 Å². The van der Waals surface area contributed by atoms with Crippen molar-refractivity contribution >= 4 is 52.0 Å². The first-order valence-electron chi connectivity index (χ1n) is 12.5. The zero-order valence-electron chi connectivity index (χ0n) is 21.5. The van der Waals surface area contributed by atoms with E-state index in [2.05, 4.69) is 4.98 Å². The fourth-order valence-corrected chi connectivity index (χ4v) is 5.15. The van der Waals surface area contributed by atoms with Gasteiger partial charge in [0, 0.05) is 16.3 Å². The number of hydrogen-bond acceptors (Lipinski definition) is 6. The Bertz CT molecular complexity index is 1560. The number of halogens is 1. The second-order valence-electron chi connectivity index (χ2n) is 8.64. The molecular formula is C31H26ClN3O3S. The highest BCUT2D eigenvalue weighted by molar-refractivity contribution is 8.19. The van der Waals surface area contributed by atoms with Crippen LogP contribution in [0.3, 0.4) is 0 Å². The second kappa shape index (κ2) is 12.2. The van der Waals surface area contributed by atoms with E-state index in [0.717, 1.165) is 22.5 Å². The first kappa shape index (κ1) is 26.5. The lowest BCUT2D eigenvalue weighted by atomic mass is 10.1. The van der Waals surface area contributed by atoms with Crippen molar-refractivity contribution in [2.24, 2.45) is 4.99 Å². The third kappa shape index (κ3) is 6.33. The number of thioether (sulfide) groups is 1. The van der Waals surface area contributed by atoms with Crippen molar-refractivity contribution in [2.45, 2.75) is 20.5 Å². The molecule has 196 valence electrons. The molecule has 1 amide bonds. The van der Waals surface area contributed by atoms with Gasteiger partial charge in [0.1, 0.15) is 6.61 Å². The third-order valence-corrected chi connectivity index (χ3v) is 7.15. The predicted molar refractivity (Wildman–Crippen MR) is 159 cm³/mol. The normalized spacial score (nSPS) is 15.3. The van der Waals surface area contributed by atoms with Crippen LogP contribution in [0.15, 0.2) is 101 Å². The minimum Gasteiger partial charge on any atom is -0.490 e. The quantitative estimate of drug-likeness (QED) is 0.207. The second-order valence-corrected chi connectivity index (χ2v) is 10.1. The van der Waals surface area contributed by atoms with Crippen molar-refractivity contribution in [1.29, 1.82) is 0 Å². The van der Waals surface area contributed by atoms with Gasteiger partial charge in [-0.15, -0.1) is 0 Å². The number of anilines is 1. The van der Waals surface area contributed by atoms with Crippen LogP contribution < -0.4 is 14.4 Å². The molecule has 0 atom stereocenters. The zero-order chi connectivity index (χ0) is 27.2. The molecule has 1 aliphatic rings. The molecule has 1 aromatic heterocycles. The van der Waals surface area contributed by atoms with Crippen LogP contribution in [0.4, 0.5) is 11.5 Å². The van der Waals surface area contributed by atoms with Crippen molar-refractivity contribution in [1.82, 2.24) is 4.98 Å². The number of hydrogen-bond donors (Lipinski definition) is 0. The third-order valence-electron chi connectivity index (χ3n) is 5.81. The summed E-state index contributed by atoms with van der Waals surface area (Å²) >= 11 is 7.59. The summed E-state index contributed by atoms with van der Waals surface area (Å²) in [5, 5.41) is 1.19. The van der Waals surface area contributed by atoms with E-state index in [1.54, 1.807) is 4.90 Å². The molecule has 1 fully saturated rings. The summed E-state index contributed by atoms with van der Waals surface area (Å²) in [5.41, 5.74) is 3.29. The van der Waals surface area contributed by atoms with Gasteiger partial charge in [-0.3, -0.25) is 9.69 Å². The Kier molecular flexibility index (Phi) is 8.30. The summed E-state index contributed by atoms with van der Waals surface area (Å²) in [4.78, 5) is 25.0. The number of aromatic nitrogens is 1. The molecule has 5 rings (SSSR count). The molecule has 1 aliphatic heterocycles. The van der Waals surface area contributed by atoms with Crippen LogP contribution >= 0.6 is 23.4 Å². The van der Waals surface area contributed by atoms with Gasteiger partial charge >= 0.3 is 0 Å². The van der Waals surface area contributed by atoms with E-state index in [-0.39, 0.29) is 5.91 Å². The van der Waals surface area contributed by atoms with Crippen LogP contribution in [0, 0.1) is 6.92 Å². The Balaban J connectivity index is 1.45. The maximum atomic E-state index is 13.6. The highest BCUT2D eigenvalue weighted by Gasteiger charge is 2.35. The van der Waals surface area contributed by atoms with E-state index in [9.17, 15) is 4.79 Å². The number of ether oxygens (including phenoxy) is 2. The molecule has 39 heavy (non-hydrogen) atoms. The Labute approximate surface area is 237 Å². The van der Waals surface area contributed by atoms with Crippen molar-refractivity contribution in [2.75, 3.05) is 11.5 Å². The van der Waals surface area contributed by atoms with E-state index in [4.69, 9.17) is 26.1 Å². The summed E-state index contributed by atoms with van der Waals surface area (Å²) in [6.07, 6.45) is 1.84. The number of rotatable bonds is 8. The zero-order valence-corrected chi connectivity index (χ0v) is 23.1. The van der Waals surface area contributed by atoms with Gasteiger partial charge in [-0.05, 0) is 79.7 Å². The summed E-state index contributed by atoms with van der Waals surface area (Å²) in [5.74, 6) is 1.58. The molecule has 8 heteroatoms. The SMILES string of the molecule is CCOc1cc(/C=C2\S/C(=N/c3cccc(C)n3)N(c3ccccc3)C2=O)ccc1OCc1ccccc1Cl. The molecule has 1 saturated heterocycles. The van der Waals surface area contributed by atoms with Gasteiger partial charge in [0.15, 0.2) is 22.5 Å². The van der Waals surface area contributed by atoms with Crippen LogP contribution in [0.2, 0.25) is 5.02 Å². The largest absolute Gasteiger partial charge is 0.490 e. The van der Waals surface area contributed by atoms with Crippen molar-refractivity contribution < 1.29 is 14.3 Å². The van der Waals surface area contributed by atoms with E-state index in [1.807, 2.05) is 111 Å². The van der Waals surface area contributed by atoms with Crippen LogP contribution in [0.1, 0.15) is 23.7 Å². The number of para-hydroxylation sites is 1. The Hall–Kier alpha value is -4.07. The summed E-state index contributed by atoms with van der Waals surface area (Å²) in [6.45, 7) is 4.61. The number of pyridine rings is 1. The summed E-state index contributed by atoms with van der Waals surface area (Å²) < 4.78 is 11.9. The topological polar surface area (TPSA) is 64.0 Å². The number of amidine groups is 1. The highest BCUT2D eigenvalue weighted by Crippen LogP contribution is 2.38. The maximum Gasteiger partial charge on any atom is 0.271 e. The fraction of sp³-hybridized carbons (Fsp3) is 0.129. The Morgan fingerprint density at radius 2 is 1.74 bits per heavy atom. The molecule has 0 bridgehead atoms. The van der Waals surface area contributed by atoms with E-state index in [0.29, 0.717) is 45.6 Å². The molecule has 4 aromatic rings. The van der Waals surface area contributed by atoms with Gasteiger partial charge in [-0.2, -0.15) is 0 Å². The molecule has 0 unspecified atom stereocenters. The minimum absolute atomic E-state index is 0.158. The molecule has 6 nitrogen and oxygen atoms in total. The molecule has 0 saturated carbocycles. The Morgan fingerprint density at radius 1 is 0.949 bits per heavy atom. The molecule has 3 aromatic carbocycles. The van der Waals surface area contributed by atoms with Crippen LogP contribution in [0.5, 0.6) is 11.5 Å². The highest BCUT2D eigenvalue weighted by atomic mass is 35.5. The number of aliphatic imine (C=N–C) groups is 1. The van der Waals surface area contributed by atoms with Crippen molar-refractivity contribution in [3.63, 3.8) is 0 Å². The molecular weight excluding hydrogens is 530 g/mol. The van der Waals surface area contributed by atoms with Crippen molar-refractivity contribution in [3.05, 3.63) is 118 Å². The first-order chi connectivity index (χ1) is 19.0. The summed E-state index contributed by atoms with van der Waals surface area (Å²) in [6, 6.07) is 28.3. The predicted octanol–water partition coefficient (Wildman–Crippen LogP) is 7.83. The Morgan fingerprint density at radius 3 is 2.51 bits per heavy atom.